The maximum Gasteiger partial charge on any atom is 0.180 e. The molecule has 100 valence electrons. The fourth-order valence-electron chi connectivity index (χ4n) is 2.05. The van der Waals surface area contributed by atoms with Crippen molar-refractivity contribution in [3.05, 3.63) is 29.3 Å². The molecule has 0 aromatic heterocycles. The number of carbonyl (C=O) groups is 1. The zero-order valence-corrected chi connectivity index (χ0v) is 12.0. The van der Waals surface area contributed by atoms with Gasteiger partial charge in [0.1, 0.15) is 5.75 Å². The number of nitrogens with zero attached hydrogens (tertiary/aromatic N) is 1. The SMILES string of the molecule is COc1cc(C)ccc1C(=O)CN(C)CC(C)C. The van der Waals surface area contributed by atoms with Crippen molar-refractivity contribution >= 4 is 5.78 Å². The Morgan fingerprint density at radius 3 is 2.61 bits per heavy atom. The van der Waals surface area contributed by atoms with Crippen LogP contribution in [-0.2, 0) is 0 Å². The van der Waals surface area contributed by atoms with Gasteiger partial charge >= 0.3 is 0 Å². The van der Waals surface area contributed by atoms with Gasteiger partial charge in [0.2, 0.25) is 0 Å². The van der Waals surface area contributed by atoms with Crippen molar-refractivity contribution in [3.63, 3.8) is 0 Å². The van der Waals surface area contributed by atoms with E-state index < -0.39 is 0 Å². The summed E-state index contributed by atoms with van der Waals surface area (Å²) in [7, 11) is 3.57. The lowest BCUT2D eigenvalue weighted by Crippen LogP contribution is -2.29. The Hall–Kier alpha value is -1.35. The van der Waals surface area contributed by atoms with E-state index in [2.05, 4.69) is 13.8 Å². The van der Waals surface area contributed by atoms with E-state index in [0.717, 1.165) is 12.1 Å². The molecule has 0 N–H and O–H groups in total. The molecule has 0 radical (unpaired) electrons. The molecule has 0 spiro atoms. The quantitative estimate of drug-likeness (QED) is 0.726. The van der Waals surface area contributed by atoms with Crippen LogP contribution >= 0.6 is 0 Å². The normalized spacial score (nSPS) is 11.1. The van der Waals surface area contributed by atoms with E-state index in [1.807, 2.05) is 37.1 Å². The van der Waals surface area contributed by atoms with Crippen LogP contribution in [0.15, 0.2) is 18.2 Å². The van der Waals surface area contributed by atoms with Gasteiger partial charge in [-0.05, 0) is 37.6 Å². The largest absolute Gasteiger partial charge is 0.496 e. The third-order valence-corrected chi connectivity index (χ3v) is 2.75. The number of Topliss-reactive ketones (excluding diaryl/α,β-unsaturated/α-hetero) is 1. The molecule has 3 heteroatoms. The highest BCUT2D eigenvalue weighted by Crippen LogP contribution is 2.20. The summed E-state index contributed by atoms with van der Waals surface area (Å²) >= 11 is 0. The number of rotatable bonds is 6. The van der Waals surface area contributed by atoms with Crippen molar-refractivity contribution in [2.24, 2.45) is 5.92 Å². The molecule has 1 rings (SSSR count). The lowest BCUT2D eigenvalue weighted by molar-refractivity contribution is 0.0937. The number of hydrogen-bond acceptors (Lipinski definition) is 3. The summed E-state index contributed by atoms with van der Waals surface area (Å²) in [6.07, 6.45) is 0. The molecular weight excluding hydrogens is 226 g/mol. The highest BCUT2D eigenvalue weighted by atomic mass is 16.5. The molecule has 0 atom stereocenters. The Labute approximate surface area is 110 Å². The van der Waals surface area contributed by atoms with Crippen LogP contribution in [-0.4, -0.2) is 37.9 Å². The minimum absolute atomic E-state index is 0.106. The van der Waals surface area contributed by atoms with E-state index in [1.54, 1.807) is 7.11 Å². The van der Waals surface area contributed by atoms with Crippen LogP contribution in [0.3, 0.4) is 0 Å². The van der Waals surface area contributed by atoms with E-state index in [-0.39, 0.29) is 5.78 Å². The van der Waals surface area contributed by atoms with Gasteiger partial charge in [-0.2, -0.15) is 0 Å². The molecule has 0 aliphatic rings. The van der Waals surface area contributed by atoms with Crippen LogP contribution < -0.4 is 4.74 Å². The van der Waals surface area contributed by atoms with Crippen LogP contribution in [0.25, 0.3) is 0 Å². The van der Waals surface area contributed by atoms with Crippen LogP contribution in [0.2, 0.25) is 0 Å². The van der Waals surface area contributed by atoms with Crippen molar-refractivity contribution in [1.29, 1.82) is 0 Å². The van der Waals surface area contributed by atoms with E-state index in [1.165, 1.54) is 0 Å². The predicted molar refractivity (Wildman–Crippen MR) is 74.4 cm³/mol. The van der Waals surface area contributed by atoms with Gasteiger partial charge in [0.25, 0.3) is 0 Å². The molecule has 0 bridgehead atoms. The number of carbonyl (C=O) groups excluding carboxylic acids is 1. The van der Waals surface area contributed by atoms with Gasteiger partial charge in [0.05, 0.1) is 19.2 Å². The standard InChI is InChI=1S/C15H23NO2/c1-11(2)9-16(4)10-14(17)13-7-6-12(3)8-15(13)18-5/h6-8,11H,9-10H2,1-5H3. The van der Waals surface area contributed by atoms with Gasteiger partial charge < -0.3 is 4.74 Å². The Bertz CT molecular complexity index is 413. The molecule has 0 amide bonds. The zero-order chi connectivity index (χ0) is 13.7. The first-order valence-corrected chi connectivity index (χ1v) is 6.30. The molecule has 0 aliphatic heterocycles. The second-order valence-corrected chi connectivity index (χ2v) is 5.22. The van der Waals surface area contributed by atoms with Crippen LogP contribution in [0.4, 0.5) is 0 Å². The molecule has 1 aromatic rings. The number of aryl methyl sites for hydroxylation is 1. The first-order chi connectivity index (χ1) is 8.43. The first kappa shape index (κ1) is 14.7. The lowest BCUT2D eigenvalue weighted by Gasteiger charge is -2.18. The molecule has 0 saturated heterocycles. The van der Waals surface area contributed by atoms with Crippen molar-refractivity contribution in [3.8, 4) is 5.75 Å². The number of ether oxygens (including phenoxy) is 1. The average Bonchev–Trinajstić information content (AvgIpc) is 2.27. The van der Waals surface area contributed by atoms with E-state index in [0.29, 0.717) is 23.8 Å². The summed E-state index contributed by atoms with van der Waals surface area (Å²) in [4.78, 5) is 14.3. The number of benzene rings is 1. The second-order valence-electron chi connectivity index (χ2n) is 5.22. The van der Waals surface area contributed by atoms with Crippen LogP contribution in [0.5, 0.6) is 5.75 Å². The smallest absolute Gasteiger partial charge is 0.180 e. The minimum atomic E-state index is 0.106. The summed E-state index contributed by atoms with van der Waals surface area (Å²) in [6, 6.07) is 5.69. The average molecular weight is 249 g/mol. The number of ketones is 1. The monoisotopic (exact) mass is 249 g/mol. The number of likely N-dealkylation sites (N-methyl/N-ethyl adjacent to an activating group) is 1. The van der Waals surface area contributed by atoms with E-state index >= 15 is 0 Å². The number of hydrogen-bond donors (Lipinski definition) is 0. The van der Waals surface area contributed by atoms with Gasteiger partial charge in [0, 0.05) is 6.54 Å². The molecule has 0 saturated carbocycles. The molecule has 0 aliphatic carbocycles. The zero-order valence-electron chi connectivity index (χ0n) is 12.0. The fraction of sp³-hybridized carbons (Fsp3) is 0.533. The molecule has 18 heavy (non-hydrogen) atoms. The van der Waals surface area contributed by atoms with Crippen molar-refractivity contribution < 1.29 is 9.53 Å². The van der Waals surface area contributed by atoms with E-state index in [9.17, 15) is 4.79 Å². The van der Waals surface area contributed by atoms with Gasteiger partial charge in [-0.3, -0.25) is 9.69 Å². The Morgan fingerprint density at radius 2 is 2.06 bits per heavy atom. The Kier molecular flexibility index (Phi) is 5.35. The summed E-state index contributed by atoms with van der Waals surface area (Å²) in [5.41, 5.74) is 1.76. The number of methoxy groups -OCH3 is 1. The molecule has 1 aromatic carbocycles. The maximum absolute atomic E-state index is 12.2. The van der Waals surface area contributed by atoms with Crippen LogP contribution in [0.1, 0.15) is 29.8 Å². The maximum atomic E-state index is 12.2. The molecule has 0 heterocycles. The highest BCUT2D eigenvalue weighted by molar-refractivity contribution is 6.00. The molecular formula is C15H23NO2. The minimum Gasteiger partial charge on any atom is -0.496 e. The third-order valence-electron chi connectivity index (χ3n) is 2.75. The van der Waals surface area contributed by atoms with Gasteiger partial charge in [-0.1, -0.05) is 19.9 Å². The molecule has 0 unspecified atom stereocenters. The Morgan fingerprint density at radius 1 is 1.39 bits per heavy atom. The molecule has 0 fully saturated rings. The van der Waals surface area contributed by atoms with Gasteiger partial charge in [0.15, 0.2) is 5.78 Å². The fourth-order valence-corrected chi connectivity index (χ4v) is 2.05. The summed E-state index contributed by atoms with van der Waals surface area (Å²) in [5, 5.41) is 0. The highest BCUT2D eigenvalue weighted by Gasteiger charge is 2.14. The van der Waals surface area contributed by atoms with Crippen LogP contribution in [0, 0.1) is 12.8 Å². The predicted octanol–water partition coefficient (Wildman–Crippen LogP) is 2.77. The van der Waals surface area contributed by atoms with Crippen molar-refractivity contribution in [2.45, 2.75) is 20.8 Å². The molecule has 3 nitrogen and oxygen atoms in total. The summed E-state index contributed by atoms with van der Waals surface area (Å²) in [6.45, 7) is 7.63. The first-order valence-electron chi connectivity index (χ1n) is 6.30. The summed E-state index contributed by atoms with van der Waals surface area (Å²) in [5.74, 6) is 1.33. The van der Waals surface area contributed by atoms with E-state index in [4.69, 9.17) is 4.74 Å². The lowest BCUT2D eigenvalue weighted by atomic mass is 10.1. The third kappa shape index (κ3) is 4.15. The van der Waals surface area contributed by atoms with Gasteiger partial charge in [-0.15, -0.1) is 0 Å². The van der Waals surface area contributed by atoms with Crippen molar-refractivity contribution in [1.82, 2.24) is 4.90 Å². The second kappa shape index (κ2) is 6.55. The van der Waals surface area contributed by atoms with Gasteiger partial charge in [-0.25, -0.2) is 0 Å². The summed E-state index contributed by atoms with van der Waals surface area (Å²) < 4.78 is 5.27. The van der Waals surface area contributed by atoms with Crippen molar-refractivity contribution in [2.75, 3.05) is 27.2 Å². The Balaban J connectivity index is 2.78. The topological polar surface area (TPSA) is 29.5 Å².